The van der Waals surface area contributed by atoms with Crippen molar-refractivity contribution < 1.29 is 130 Å². The molecule has 0 bridgehead atoms. The molecule has 0 aromatic carbocycles. The quantitative estimate of drug-likeness (QED) is 0.0187. The molecule has 47 nitrogen and oxygen atoms in total. The van der Waals surface area contributed by atoms with Gasteiger partial charge in [0.2, 0.25) is 70.9 Å². The normalized spacial score (nSPS) is 20.7. The van der Waals surface area contributed by atoms with E-state index in [2.05, 4.69) is 145 Å². The molecule has 47 heteroatoms. The molecule has 8 heterocycles. The van der Waals surface area contributed by atoms with Gasteiger partial charge in [-0.3, -0.25) is 111 Å². The summed E-state index contributed by atoms with van der Waals surface area (Å²) >= 11 is 0. The molecule has 136 heavy (non-hydrogen) atoms. The molecule has 8 saturated heterocycles. The first-order valence-corrected chi connectivity index (χ1v) is 47.3. The Bertz CT molecular complexity index is 3560. The van der Waals surface area contributed by atoms with Crippen molar-refractivity contribution in [3.63, 3.8) is 0 Å². The minimum absolute atomic E-state index is 0.0120. The van der Waals surface area contributed by atoms with Gasteiger partial charge in [0.25, 0.3) is 41.4 Å². The smallest absolute Gasteiger partial charge is 0.334 e. The molecule has 0 radical (unpaired) electrons. The lowest BCUT2D eigenvalue weighted by atomic mass is 9.98. The van der Waals surface area contributed by atoms with Gasteiger partial charge in [-0.2, -0.15) is 0 Å². The molecule has 12 N–H and O–H groups in total. The van der Waals surface area contributed by atoms with E-state index in [-0.39, 0.29) is 277 Å². The number of imide groups is 3. The van der Waals surface area contributed by atoms with Crippen molar-refractivity contribution >= 4 is 136 Å². The number of nitrogens with zero attached hydrogens (tertiary/aromatic N) is 8. The molecule has 0 aromatic rings. The van der Waals surface area contributed by atoms with Crippen LogP contribution in [-0.2, 0) is 130 Å². The molecule has 8 fully saturated rings. The Morgan fingerprint density at radius 3 is 0.522 bits per heavy atom. The summed E-state index contributed by atoms with van der Waals surface area (Å²) in [5.74, 6) is -9.73. The van der Waals surface area contributed by atoms with E-state index in [0.29, 0.717) is 102 Å². The molecule has 8 rings (SSSR count). The standard InChI is InChI=1S/C23H37N5O6.3C22H35N5O7/c1-16-5-4-6-17(2)27(16)15-21(31)26-13-10-19(29)24-12-9-20(30)25-14-11-23(33)34-28-18(3)7-8-22(28)32;3*1-15-4-3-5-16(2)26(15)14-19(30)25-12-9-17(28)23-11-8-18(29)24-13-10-22(33)34-27-20(31)6-7-21(27)32/h16-17H,3-15H2,1-2H3,(H,24,29)(H,25,30)(H,26,31);3*15-16H,3-14H2,1-2H3,(H,23,28)(H,24,29)(H,25,30)/i10+1,13+1,24+1,26+1,27+1;9+1,12+1,19+1,23+1,25+1;9+1,12+1,17+1,19+1,23+1;9+1,12+1,17+1,18+1,19+1. The number of carbonyl (C=O) groups excluding carboxylic acids is 23. The molecule has 0 aliphatic carbocycles. The van der Waals surface area contributed by atoms with E-state index in [4.69, 9.17) is 19.4 Å². The van der Waals surface area contributed by atoms with Crippen LogP contribution in [0.3, 0.4) is 0 Å². The first-order chi connectivity index (χ1) is 64.7. The van der Waals surface area contributed by atoms with Gasteiger partial charge in [-0.05, 0) is 113 Å². The number of likely N-dealkylation sites (tertiary alicyclic amines) is 4. The number of piperidine rings is 4. The van der Waals surface area contributed by atoms with Crippen LogP contribution >= 0.6 is 0 Å². The SMILES string of the molecule is C=C1CCC(=O)N1OC(=O)CCNC(=O)CC[15NH]C(=O)[13CH2][13CH2][15NH]C(=O)C[15N]1C(C)CCCC1C.CC1CCCC(C)N1C[13C](=O)N[13CH2][13CH2][13C](=O)NCC[13C](=O)NCCC(=O)ON1C(=O)CCC1=O.CC1CCCC(C)N1C[13C](=O)N[13CH2][13CH2][13C](=O)[15NH]CCC(=O)NCCC(=O)ON1C(=O)CCC1=O.CC1CCCC(C)N1C[13C](=O)[15NH][13CH2][13CH2]C(=O)[15NH]CCC(=O)NCCC(=O)ON1C(=O)CCC1=O. The van der Waals surface area contributed by atoms with Gasteiger partial charge in [0.15, 0.2) is 0 Å². The third kappa shape index (κ3) is 44.6. The van der Waals surface area contributed by atoms with Crippen molar-refractivity contribution in [1.82, 2.24) is 104 Å². The van der Waals surface area contributed by atoms with E-state index < -0.39 is 59.3 Å². The monoisotopic (exact) mass is 1940 g/mol. The lowest BCUT2D eigenvalue weighted by Crippen LogP contribution is -2.49. The number of carbonyl (C=O) groups is 23. The van der Waals surface area contributed by atoms with E-state index in [1.165, 1.54) is 25.7 Å². The summed E-state index contributed by atoms with van der Waals surface area (Å²) in [6.07, 6.45) is 14.0. The first-order valence-electron chi connectivity index (χ1n) is 47.3. The topological polar surface area (TPSA) is 600 Å². The van der Waals surface area contributed by atoms with Crippen molar-refractivity contribution in [1.29, 1.82) is 0 Å². The van der Waals surface area contributed by atoms with Gasteiger partial charge < -0.3 is 83.2 Å². The fourth-order valence-electron chi connectivity index (χ4n) is 15.8. The highest BCUT2D eigenvalue weighted by Gasteiger charge is 2.38. The van der Waals surface area contributed by atoms with Crippen LogP contribution in [-0.4, -0.2) is 329 Å². The van der Waals surface area contributed by atoms with Crippen molar-refractivity contribution in [3.8, 4) is 0 Å². The zero-order chi connectivity index (χ0) is 100. The molecule has 8 atom stereocenters. The van der Waals surface area contributed by atoms with Gasteiger partial charge >= 0.3 is 23.9 Å². The van der Waals surface area contributed by atoms with Crippen LogP contribution in [0.25, 0.3) is 0 Å². The zero-order valence-electron chi connectivity index (χ0n) is 79.9. The Morgan fingerprint density at radius 1 is 0.221 bits per heavy atom. The second kappa shape index (κ2) is 61.9. The van der Waals surface area contributed by atoms with E-state index in [1.807, 2.05) is 0 Å². The second-order valence-corrected chi connectivity index (χ2v) is 34.8. The van der Waals surface area contributed by atoms with Crippen LogP contribution in [0.15, 0.2) is 12.3 Å². The average molecular weight is 1940 g/mol. The maximum atomic E-state index is 12.2. The summed E-state index contributed by atoms with van der Waals surface area (Å²) in [6, 6.07) is 2.97. The van der Waals surface area contributed by atoms with Gasteiger partial charge in [-0.25, -0.2) is 19.2 Å². The highest BCUT2D eigenvalue weighted by Crippen LogP contribution is 2.27. The lowest BCUT2D eigenvalue weighted by molar-refractivity contribution is -0.197. The second-order valence-electron chi connectivity index (χ2n) is 34.8. The van der Waals surface area contributed by atoms with Gasteiger partial charge in [0.05, 0.1) is 57.6 Å². The van der Waals surface area contributed by atoms with Crippen LogP contribution in [0.2, 0.25) is 0 Å². The van der Waals surface area contributed by atoms with Crippen LogP contribution < -0.4 is 63.8 Å². The van der Waals surface area contributed by atoms with Crippen LogP contribution in [0.4, 0.5) is 0 Å². The van der Waals surface area contributed by atoms with E-state index in [0.717, 1.165) is 56.4 Å². The predicted molar refractivity (Wildman–Crippen MR) is 482 cm³/mol. The fraction of sp³-hybridized carbons (Fsp3) is 0.719. The minimum atomic E-state index is -0.802. The molecule has 8 aliphatic rings. The van der Waals surface area contributed by atoms with Crippen LogP contribution in [0, 0.1) is 0 Å². The lowest BCUT2D eigenvalue weighted by Gasteiger charge is -2.38. The van der Waals surface area contributed by atoms with Crippen LogP contribution in [0.5, 0.6) is 0 Å². The molecule has 0 saturated carbocycles. The molecular formula is C89H142N20O27. The summed E-state index contributed by atoms with van der Waals surface area (Å²) < 4.78 is 0. The van der Waals surface area contributed by atoms with E-state index in [9.17, 15) is 110 Å². The molecule has 0 aromatic heterocycles. The van der Waals surface area contributed by atoms with Gasteiger partial charge in [-0.15, -0.1) is 20.3 Å². The Kier molecular flexibility index (Phi) is 52.1. The summed E-state index contributed by atoms with van der Waals surface area (Å²) in [5.41, 5.74) is 0.434. The third-order valence-electron chi connectivity index (χ3n) is 23.7. The molecular weight excluding hydrogens is 1800 g/mol. The Labute approximate surface area is 792 Å². The van der Waals surface area contributed by atoms with Crippen molar-refractivity contribution in [2.45, 2.75) is 309 Å². The van der Waals surface area contributed by atoms with Crippen LogP contribution in [0.1, 0.15) is 261 Å². The maximum Gasteiger partial charge on any atom is 0.334 e. The zero-order valence-corrected chi connectivity index (χ0v) is 79.9. The van der Waals surface area contributed by atoms with E-state index >= 15 is 0 Å². The molecule has 8 unspecified atom stereocenters. The number of hydrogen-bond acceptors (Lipinski definition) is 31. The predicted octanol–water partition coefficient (Wildman–Crippen LogP) is -1.51. The van der Waals surface area contributed by atoms with Gasteiger partial charge in [0, 0.05) is 223 Å². The molecule has 8 aliphatic heterocycles. The van der Waals surface area contributed by atoms with Crippen molar-refractivity contribution in [2.75, 3.05) is 105 Å². The van der Waals surface area contributed by atoms with Gasteiger partial charge in [0.1, 0.15) is 0 Å². The number of amides is 19. The Hall–Kier alpha value is -12.0. The summed E-state index contributed by atoms with van der Waals surface area (Å²) in [5, 5.41) is 33.8. The summed E-state index contributed by atoms with van der Waals surface area (Å²) in [6.45, 7) is 23.3. The number of rotatable bonds is 48. The van der Waals surface area contributed by atoms with Gasteiger partial charge in [-0.1, -0.05) is 32.3 Å². The number of hydrogen-bond donors (Lipinski definition) is 12. The summed E-state index contributed by atoms with van der Waals surface area (Å²) in [4.78, 5) is 298. The first kappa shape index (κ1) is 114. The maximum absolute atomic E-state index is 12.2. The fourth-order valence-corrected chi connectivity index (χ4v) is 15.8. The molecule has 19 amide bonds. The molecule has 760 valence electrons. The van der Waals surface area contributed by atoms with Crippen molar-refractivity contribution in [3.05, 3.63) is 12.3 Å². The highest BCUT2D eigenvalue weighted by atomic mass is 16.7. The van der Waals surface area contributed by atoms with E-state index in [1.54, 1.807) is 0 Å². The van der Waals surface area contributed by atoms with Crippen molar-refractivity contribution in [2.24, 2.45) is 0 Å². The largest absolute Gasteiger partial charge is 0.356 e. The number of hydroxylamine groups is 8. The Balaban J connectivity index is 0.000000320. The number of allylic oxidation sites excluding steroid dienone is 1. The average Bonchev–Trinajstić information content (AvgIpc) is 1.84. The minimum Gasteiger partial charge on any atom is -0.356 e. The Morgan fingerprint density at radius 2 is 0.360 bits per heavy atom. The third-order valence-corrected chi connectivity index (χ3v) is 23.7. The highest BCUT2D eigenvalue weighted by molar-refractivity contribution is 6.03. The number of nitrogens with one attached hydrogen (secondary N) is 12. The molecule has 0 spiro atoms. The summed E-state index contributed by atoms with van der Waals surface area (Å²) in [7, 11) is 0.